The van der Waals surface area contributed by atoms with Gasteiger partial charge in [-0.3, -0.25) is 0 Å². The molecule has 3 heteroatoms. The van der Waals surface area contributed by atoms with E-state index < -0.39 is 0 Å². The Kier molecular flexibility index (Phi) is 4.54. The Morgan fingerprint density at radius 2 is 1.92 bits per heavy atom. The second-order valence-corrected chi connectivity index (χ2v) is 3.74. The van der Waals surface area contributed by atoms with Crippen molar-refractivity contribution in [1.29, 1.82) is 0 Å². The van der Waals surface area contributed by atoms with Crippen LogP contribution in [0.1, 0.15) is 6.42 Å². The summed E-state index contributed by atoms with van der Waals surface area (Å²) in [4.78, 5) is 0. The number of rotatable bonds is 4. The Morgan fingerprint density at radius 1 is 1.25 bits per heavy atom. The van der Waals surface area contributed by atoms with Crippen molar-refractivity contribution in [3.05, 3.63) is 28.7 Å². The minimum atomic E-state index is 0.741. The lowest BCUT2D eigenvalue weighted by atomic mass is 10.3. The summed E-state index contributed by atoms with van der Waals surface area (Å²) in [6.45, 7) is 0.741. The molecule has 0 aliphatic carbocycles. The molecule has 0 saturated heterocycles. The molecule has 0 aliphatic rings. The Labute approximate surface area is 86.7 Å². The monoisotopic (exact) mass is 246 g/mol. The van der Waals surface area contributed by atoms with E-state index >= 15 is 0 Å². The van der Waals surface area contributed by atoms with Crippen LogP contribution in [0.3, 0.4) is 0 Å². The van der Waals surface area contributed by atoms with Gasteiger partial charge in [0.15, 0.2) is 0 Å². The van der Waals surface area contributed by atoms with Crippen LogP contribution in [0.2, 0.25) is 0 Å². The first kappa shape index (κ1) is 9.93. The molecule has 66 valence electrons. The van der Waals surface area contributed by atoms with Crippen LogP contribution in [0.4, 0.5) is 0 Å². The maximum Gasteiger partial charge on any atom is 0.119 e. The van der Waals surface area contributed by atoms with Crippen LogP contribution in [0.5, 0.6) is 5.75 Å². The third kappa shape index (κ3) is 3.50. The van der Waals surface area contributed by atoms with Gasteiger partial charge in [0.25, 0.3) is 0 Å². The number of ether oxygens (including phenoxy) is 1. The fourth-order valence-corrected chi connectivity index (χ4v) is 1.18. The van der Waals surface area contributed by atoms with Gasteiger partial charge in [0.2, 0.25) is 0 Å². The van der Waals surface area contributed by atoms with Gasteiger partial charge in [-0.15, -0.1) is 0 Å². The first-order valence-electron chi connectivity index (χ1n) is 3.82. The summed E-state index contributed by atoms with van der Waals surface area (Å²) in [6, 6.07) is 7.83. The first-order valence-corrected chi connectivity index (χ1v) is 5.24. The second-order valence-electron chi connectivity index (χ2n) is 2.38. The zero-order valence-electron chi connectivity index (χ0n) is 6.66. The van der Waals surface area contributed by atoms with Crippen molar-refractivity contribution in [3.8, 4) is 5.75 Å². The lowest BCUT2D eigenvalue weighted by Crippen LogP contribution is -1.97. The fourth-order valence-electron chi connectivity index (χ4n) is 0.785. The summed E-state index contributed by atoms with van der Waals surface area (Å²) in [7, 11) is 0. The second kappa shape index (κ2) is 5.49. The minimum absolute atomic E-state index is 0.741. The normalized spacial score (nSPS) is 9.83. The topological polar surface area (TPSA) is 9.23 Å². The van der Waals surface area contributed by atoms with Crippen molar-refractivity contribution in [1.82, 2.24) is 0 Å². The zero-order chi connectivity index (χ0) is 8.81. The molecule has 0 aliphatic heterocycles. The van der Waals surface area contributed by atoms with E-state index in [-0.39, 0.29) is 0 Å². The molecule has 1 aromatic carbocycles. The van der Waals surface area contributed by atoms with Gasteiger partial charge in [-0.1, -0.05) is 15.9 Å². The van der Waals surface area contributed by atoms with Gasteiger partial charge >= 0.3 is 0 Å². The highest BCUT2D eigenvalue weighted by Crippen LogP contribution is 2.15. The molecule has 0 N–H and O–H groups in total. The molecule has 0 spiro atoms. The number of halogens is 1. The van der Waals surface area contributed by atoms with Crippen molar-refractivity contribution in [3.63, 3.8) is 0 Å². The summed E-state index contributed by atoms with van der Waals surface area (Å²) in [5.74, 6) is 1.79. The lowest BCUT2D eigenvalue weighted by molar-refractivity contribution is 0.319. The average Bonchev–Trinajstić information content (AvgIpc) is 2.09. The van der Waals surface area contributed by atoms with Gasteiger partial charge in [-0.25, -0.2) is 0 Å². The molecule has 0 bridgehead atoms. The SMILES string of the molecule is SCCCOc1ccc(Br)cc1. The highest BCUT2D eigenvalue weighted by atomic mass is 79.9. The van der Waals surface area contributed by atoms with Gasteiger partial charge in [0.05, 0.1) is 6.61 Å². The van der Waals surface area contributed by atoms with Gasteiger partial charge in [0.1, 0.15) is 5.75 Å². The summed E-state index contributed by atoms with van der Waals surface area (Å²) in [5.41, 5.74) is 0. The minimum Gasteiger partial charge on any atom is -0.494 e. The van der Waals surface area contributed by atoms with E-state index in [1.54, 1.807) is 0 Å². The summed E-state index contributed by atoms with van der Waals surface area (Å²) >= 11 is 7.46. The van der Waals surface area contributed by atoms with Crippen LogP contribution in [0.15, 0.2) is 28.7 Å². The molecule has 0 unspecified atom stereocenters. The Balaban J connectivity index is 2.37. The van der Waals surface area contributed by atoms with Gasteiger partial charge in [-0.2, -0.15) is 12.6 Å². The fraction of sp³-hybridized carbons (Fsp3) is 0.333. The van der Waals surface area contributed by atoms with Crippen molar-refractivity contribution in [2.75, 3.05) is 12.4 Å². The zero-order valence-corrected chi connectivity index (χ0v) is 9.14. The van der Waals surface area contributed by atoms with Crippen molar-refractivity contribution < 1.29 is 4.74 Å². The molecule has 0 radical (unpaired) electrons. The molecular weight excluding hydrogens is 236 g/mol. The highest BCUT2D eigenvalue weighted by molar-refractivity contribution is 9.10. The van der Waals surface area contributed by atoms with Crippen LogP contribution < -0.4 is 4.74 Å². The largest absolute Gasteiger partial charge is 0.494 e. The van der Waals surface area contributed by atoms with E-state index in [1.807, 2.05) is 24.3 Å². The Morgan fingerprint density at radius 3 is 2.50 bits per heavy atom. The van der Waals surface area contributed by atoms with E-state index in [0.29, 0.717) is 0 Å². The number of hydrogen-bond donors (Lipinski definition) is 1. The highest BCUT2D eigenvalue weighted by Gasteiger charge is 1.91. The first-order chi connectivity index (χ1) is 5.83. The molecule has 0 amide bonds. The van der Waals surface area contributed by atoms with Gasteiger partial charge < -0.3 is 4.74 Å². The summed E-state index contributed by atoms with van der Waals surface area (Å²) < 4.78 is 6.50. The molecule has 1 rings (SSSR count). The van der Waals surface area contributed by atoms with E-state index in [1.165, 1.54) is 0 Å². The summed E-state index contributed by atoms with van der Waals surface area (Å²) in [5, 5.41) is 0. The molecule has 0 fully saturated rings. The van der Waals surface area contributed by atoms with E-state index in [9.17, 15) is 0 Å². The average molecular weight is 247 g/mol. The van der Waals surface area contributed by atoms with Gasteiger partial charge in [0, 0.05) is 4.47 Å². The van der Waals surface area contributed by atoms with Crippen LogP contribution >= 0.6 is 28.6 Å². The predicted octanol–water partition coefficient (Wildman–Crippen LogP) is 3.15. The number of benzene rings is 1. The molecule has 1 nitrogen and oxygen atoms in total. The Bertz CT molecular complexity index is 222. The third-order valence-electron chi connectivity index (χ3n) is 1.38. The quantitative estimate of drug-likeness (QED) is 0.635. The maximum absolute atomic E-state index is 5.43. The lowest BCUT2D eigenvalue weighted by Gasteiger charge is -2.03. The van der Waals surface area contributed by atoms with Crippen LogP contribution in [0.25, 0.3) is 0 Å². The molecule has 0 saturated carbocycles. The van der Waals surface area contributed by atoms with Crippen molar-refractivity contribution >= 4 is 28.6 Å². The van der Waals surface area contributed by atoms with Crippen LogP contribution in [-0.2, 0) is 0 Å². The molecular formula is C9H11BrOS. The third-order valence-corrected chi connectivity index (χ3v) is 2.23. The number of thiol groups is 1. The smallest absolute Gasteiger partial charge is 0.119 e. The van der Waals surface area contributed by atoms with E-state index in [2.05, 4.69) is 28.6 Å². The molecule has 0 atom stereocenters. The summed E-state index contributed by atoms with van der Waals surface area (Å²) in [6.07, 6.45) is 0.985. The predicted molar refractivity (Wildman–Crippen MR) is 58.1 cm³/mol. The molecule has 0 aromatic heterocycles. The Hall–Kier alpha value is -0.150. The van der Waals surface area contributed by atoms with Crippen LogP contribution in [0, 0.1) is 0 Å². The number of hydrogen-bond acceptors (Lipinski definition) is 2. The molecule has 0 heterocycles. The maximum atomic E-state index is 5.43. The van der Waals surface area contributed by atoms with E-state index in [0.717, 1.165) is 29.0 Å². The molecule has 1 aromatic rings. The van der Waals surface area contributed by atoms with Crippen molar-refractivity contribution in [2.45, 2.75) is 6.42 Å². The van der Waals surface area contributed by atoms with E-state index in [4.69, 9.17) is 4.74 Å². The van der Waals surface area contributed by atoms with Crippen LogP contribution in [-0.4, -0.2) is 12.4 Å². The van der Waals surface area contributed by atoms with Crippen molar-refractivity contribution in [2.24, 2.45) is 0 Å². The van der Waals surface area contributed by atoms with Gasteiger partial charge in [-0.05, 0) is 36.4 Å². The molecule has 12 heavy (non-hydrogen) atoms. The standard InChI is InChI=1S/C9H11BrOS/c10-8-2-4-9(5-3-8)11-6-1-7-12/h2-5,12H,1,6-7H2.